The first kappa shape index (κ1) is 33.3. The van der Waals surface area contributed by atoms with Crippen molar-refractivity contribution in [2.75, 3.05) is 18.9 Å². The third-order valence-electron chi connectivity index (χ3n) is 6.19. The summed E-state index contributed by atoms with van der Waals surface area (Å²) in [5, 5.41) is 22.8. The van der Waals surface area contributed by atoms with Crippen LogP contribution in [0.15, 0.2) is 72.8 Å². The van der Waals surface area contributed by atoms with Crippen LogP contribution >= 0.6 is 12.4 Å². The van der Waals surface area contributed by atoms with E-state index in [9.17, 15) is 18.3 Å². The number of aliphatic hydroxyl groups is 2. The summed E-state index contributed by atoms with van der Waals surface area (Å²) in [5.74, 6) is -0.830. The zero-order valence-electron chi connectivity index (χ0n) is 23.0. The van der Waals surface area contributed by atoms with E-state index >= 15 is 0 Å². The molecule has 1 amide bonds. The number of carbonyl (C=O) groups is 1. The second-order valence-corrected chi connectivity index (χ2v) is 11.6. The Labute approximate surface area is 243 Å². The molecule has 0 saturated carbocycles. The maximum absolute atomic E-state index is 12.7. The summed E-state index contributed by atoms with van der Waals surface area (Å²) in [6.45, 7) is 6.05. The van der Waals surface area contributed by atoms with Crippen LogP contribution in [0.2, 0.25) is 0 Å². The number of nitrogens with one attached hydrogen (secondary N) is 2. The van der Waals surface area contributed by atoms with Gasteiger partial charge in [0, 0.05) is 12.6 Å². The van der Waals surface area contributed by atoms with Crippen molar-refractivity contribution >= 4 is 28.3 Å². The number of ether oxygens (including phenoxy) is 1. The summed E-state index contributed by atoms with van der Waals surface area (Å²) in [6.07, 6.45) is 0.0204. The molecule has 0 aliphatic rings. The van der Waals surface area contributed by atoms with Crippen molar-refractivity contribution in [2.24, 2.45) is 0 Å². The van der Waals surface area contributed by atoms with Gasteiger partial charge in [-0.2, -0.15) is 0 Å². The lowest BCUT2D eigenvalue weighted by atomic mass is 10.0. The standard InChI is InChI=1S/C30H38N2O6S.ClH/c1-21(2)38-28-20-26(14-15-27(28)30(35)32-39(36,37)19-7-18-33)24-12-10-23(11-13-24)16-17-31-22(3)29(34)25-8-5-4-6-9-25;/h4-6,8-15,20-22,29,31,33-34H,7,16-19H2,1-3H3,(H,32,35);1H/t22-,29+;/m0./s1. The number of hydrogen-bond acceptors (Lipinski definition) is 7. The lowest BCUT2D eigenvalue weighted by Crippen LogP contribution is -2.33. The number of rotatable bonds is 14. The van der Waals surface area contributed by atoms with Crippen LogP contribution in [0.1, 0.15) is 54.8 Å². The smallest absolute Gasteiger partial charge is 0.268 e. The van der Waals surface area contributed by atoms with Crippen LogP contribution in [0.25, 0.3) is 11.1 Å². The first-order valence-electron chi connectivity index (χ1n) is 13.1. The first-order chi connectivity index (χ1) is 18.6. The number of hydrogen-bond donors (Lipinski definition) is 4. The number of halogens is 1. The Hall–Kier alpha value is -2.95. The monoisotopic (exact) mass is 590 g/mol. The Morgan fingerprint density at radius 3 is 2.23 bits per heavy atom. The average molecular weight is 591 g/mol. The van der Waals surface area contributed by atoms with Crippen molar-refractivity contribution in [3.63, 3.8) is 0 Å². The van der Waals surface area contributed by atoms with Crippen molar-refractivity contribution in [3.05, 3.63) is 89.5 Å². The predicted molar refractivity (Wildman–Crippen MR) is 160 cm³/mol. The zero-order chi connectivity index (χ0) is 28.4. The van der Waals surface area contributed by atoms with Gasteiger partial charge in [0.15, 0.2) is 0 Å². The summed E-state index contributed by atoms with van der Waals surface area (Å²) in [6, 6.07) is 22.6. The molecule has 218 valence electrons. The second kappa shape index (κ2) is 15.7. The van der Waals surface area contributed by atoms with Gasteiger partial charge in [-0.15, -0.1) is 12.4 Å². The fraction of sp³-hybridized carbons (Fsp3) is 0.367. The van der Waals surface area contributed by atoms with Gasteiger partial charge < -0.3 is 20.3 Å². The second-order valence-electron chi connectivity index (χ2n) is 9.75. The van der Waals surface area contributed by atoms with Crippen molar-refractivity contribution in [3.8, 4) is 16.9 Å². The minimum Gasteiger partial charge on any atom is -0.490 e. The van der Waals surface area contributed by atoms with Crippen LogP contribution in [-0.2, 0) is 16.4 Å². The van der Waals surface area contributed by atoms with E-state index in [0.717, 1.165) is 28.7 Å². The Balaban J connectivity index is 0.00000560. The van der Waals surface area contributed by atoms with E-state index in [1.165, 1.54) is 0 Å². The molecule has 40 heavy (non-hydrogen) atoms. The number of amides is 1. The SMILES string of the molecule is CC(C)Oc1cc(-c2ccc(CCN[C@@H](C)[C@@H](O)c3ccccc3)cc2)ccc1C(=O)NS(=O)(=O)CCCO.Cl. The summed E-state index contributed by atoms with van der Waals surface area (Å²) in [5.41, 5.74) is 3.89. The molecule has 0 aliphatic carbocycles. The summed E-state index contributed by atoms with van der Waals surface area (Å²) >= 11 is 0. The van der Waals surface area contributed by atoms with Gasteiger partial charge in [0.25, 0.3) is 5.91 Å². The van der Waals surface area contributed by atoms with Crippen molar-refractivity contribution in [1.29, 1.82) is 0 Å². The molecule has 4 N–H and O–H groups in total. The topological polar surface area (TPSA) is 125 Å². The molecule has 0 aliphatic heterocycles. The molecule has 0 radical (unpaired) electrons. The lowest BCUT2D eigenvalue weighted by Gasteiger charge is -2.20. The van der Waals surface area contributed by atoms with Crippen LogP contribution < -0.4 is 14.8 Å². The molecule has 0 unspecified atom stereocenters. The molecule has 0 fully saturated rings. The van der Waals surface area contributed by atoms with E-state index in [1.807, 2.05) is 75.4 Å². The summed E-state index contributed by atoms with van der Waals surface area (Å²) in [7, 11) is -3.87. The minimum atomic E-state index is -3.87. The van der Waals surface area contributed by atoms with Gasteiger partial charge >= 0.3 is 0 Å². The van der Waals surface area contributed by atoms with Crippen LogP contribution in [-0.4, -0.2) is 55.6 Å². The molecule has 3 aromatic rings. The van der Waals surface area contributed by atoms with Crippen molar-refractivity contribution in [2.45, 2.75) is 51.9 Å². The highest BCUT2D eigenvalue weighted by atomic mass is 35.5. The molecule has 8 nitrogen and oxygen atoms in total. The molecule has 3 aromatic carbocycles. The van der Waals surface area contributed by atoms with Crippen LogP contribution in [0, 0.1) is 0 Å². The molecular weight excluding hydrogens is 552 g/mol. The highest BCUT2D eigenvalue weighted by molar-refractivity contribution is 7.90. The summed E-state index contributed by atoms with van der Waals surface area (Å²) in [4.78, 5) is 12.7. The quantitative estimate of drug-likeness (QED) is 0.221. The zero-order valence-corrected chi connectivity index (χ0v) is 24.7. The van der Waals surface area contributed by atoms with Gasteiger partial charge in [0.2, 0.25) is 10.0 Å². The molecule has 10 heteroatoms. The minimum absolute atomic E-state index is 0. The van der Waals surface area contributed by atoms with Gasteiger partial charge in [-0.1, -0.05) is 60.7 Å². The van der Waals surface area contributed by atoms with E-state index in [2.05, 4.69) is 10.0 Å². The average Bonchev–Trinajstić information content (AvgIpc) is 2.91. The first-order valence-corrected chi connectivity index (χ1v) is 14.8. The Bertz CT molecular complexity index is 1320. The Kier molecular flexibility index (Phi) is 13.1. The maximum atomic E-state index is 12.7. The molecule has 2 atom stereocenters. The Morgan fingerprint density at radius 1 is 0.950 bits per heavy atom. The molecule has 3 rings (SSSR count). The number of benzene rings is 3. The van der Waals surface area contributed by atoms with E-state index in [-0.39, 0.29) is 54.6 Å². The van der Waals surface area contributed by atoms with Gasteiger partial charge in [-0.25, -0.2) is 13.1 Å². The predicted octanol–water partition coefficient (Wildman–Crippen LogP) is 4.26. The fourth-order valence-corrected chi connectivity index (χ4v) is 5.10. The summed E-state index contributed by atoms with van der Waals surface area (Å²) < 4.78 is 32.2. The third-order valence-corrected chi connectivity index (χ3v) is 7.51. The molecule has 0 heterocycles. The lowest BCUT2D eigenvalue weighted by molar-refractivity contribution is 0.0975. The number of carbonyl (C=O) groups excluding carboxylic acids is 1. The van der Waals surface area contributed by atoms with E-state index in [0.29, 0.717) is 6.54 Å². The maximum Gasteiger partial charge on any atom is 0.268 e. The third kappa shape index (κ3) is 9.91. The number of aliphatic hydroxyl groups excluding tert-OH is 2. The van der Waals surface area contributed by atoms with Gasteiger partial charge in [-0.3, -0.25) is 4.79 Å². The molecule has 0 saturated heterocycles. The van der Waals surface area contributed by atoms with E-state index in [4.69, 9.17) is 9.84 Å². The van der Waals surface area contributed by atoms with Crippen LogP contribution in [0.5, 0.6) is 5.75 Å². The molecular formula is C30H39ClN2O6S. The molecule has 0 aromatic heterocycles. The van der Waals surface area contributed by atoms with Gasteiger partial charge in [0.05, 0.1) is 23.5 Å². The van der Waals surface area contributed by atoms with Crippen molar-refractivity contribution in [1.82, 2.24) is 10.0 Å². The number of sulfonamides is 1. The highest BCUT2D eigenvalue weighted by Gasteiger charge is 2.20. The van der Waals surface area contributed by atoms with Gasteiger partial charge in [0.1, 0.15) is 5.75 Å². The van der Waals surface area contributed by atoms with E-state index in [1.54, 1.807) is 18.2 Å². The van der Waals surface area contributed by atoms with Crippen LogP contribution in [0.3, 0.4) is 0 Å². The normalized spacial score (nSPS) is 12.8. The highest BCUT2D eigenvalue weighted by Crippen LogP contribution is 2.29. The molecule has 0 bridgehead atoms. The largest absolute Gasteiger partial charge is 0.490 e. The van der Waals surface area contributed by atoms with Crippen LogP contribution in [0.4, 0.5) is 0 Å². The van der Waals surface area contributed by atoms with Crippen molar-refractivity contribution < 1.29 is 28.2 Å². The molecule has 0 spiro atoms. The van der Waals surface area contributed by atoms with Gasteiger partial charge in [-0.05, 0) is 74.5 Å². The Morgan fingerprint density at radius 2 is 1.60 bits per heavy atom. The van der Waals surface area contributed by atoms with E-state index < -0.39 is 22.0 Å². The fourth-order valence-electron chi connectivity index (χ4n) is 4.10.